The van der Waals surface area contributed by atoms with Crippen LogP contribution in [0.4, 0.5) is 8.78 Å². The van der Waals surface area contributed by atoms with Gasteiger partial charge in [-0.15, -0.1) is 0 Å². The Balaban J connectivity index is 0.00000210. The average molecular weight is 356 g/mol. The molecule has 0 radical (unpaired) electrons. The lowest BCUT2D eigenvalue weighted by molar-refractivity contribution is 0.122. The summed E-state index contributed by atoms with van der Waals surface area (Å²) in [6.07, 6.45) is 4.95. The van der Waals surface area contributed by atoms with Crippen LogP contribution in [0.15, 0.2) is 43.0 Å². The van der Waals surface area contributed by atoms with Gasteiger partial charge in [-0.1, -0.05) is 6.92 Å². The molecule has 4 aromatic heterocycles. The van der Waals surface area contributed by atoms with Crippen LogP contribution in [0.5, 0.6) is 0 Å². The highest BCUT2D eigenvalue weighted by Gasteiger charge is 2.17. The number of pyridine rings is 1. The number of nitrogens with one attached hydrogen (secondary N) is 1. The zero-order valence-electron chi connectivity index (χ0n) is 14.0. The van der Waals surface area contributed by atoms with Crippen LogP contribution in [0.25, 0.3) is 33.5 Å². The number of rotatable bonds is 5. The van der Waals surface area contributed by atoms with Gasteiger partial charge >= 0.3 is 0 Å². The fourth-order valence-corrected chi connectivity index (χ4v) is 2.85. The first-order valence-corrected chi connectivity index (χ1v) is 8.25. The summed E-state index contributed by atoms with van der Waals surface area (Å²) in [6, 6.07) is 5.59. The second-order valence-electron chi connectivity index (χ2n) is 5.86. The van der Waals surface area contributed by atoms with Gasteiger partial charge in [0.1, 0.15) is 23.7 Å². The third kappa shape index (κ3) is 3.05. The fourth-order valence-electron chi connectivity index (χ4n) is 2.85. The van der Waals surface area contributed by atoms with Crippen molar-refractivity contribution in [1.82, 2.24) is 29.7 Å². The zero-order chi connectivity index (χ0) is 18.1. The van der Waals surface area contributed by atoms with Gasteiger partial charge in [0.05, 0.1) is 5.69 Å². The van der Waals surface area contributed by atoms with Crippen LogP contribution >= 0.6 is 0 Å². The van der Waals surface area contributed by atoms with E-state index in [0.717, 1.165) is 16.6 Å². The molecule has 8 heteroatoms. The lowest BCUT2D eigenvalue weighted by Crippen LogP contribution is -2.06. The van der Waals surface area contributed by atoms with Gasteiger partial charge in [0.25, 0.3) is 6.43 Å². The van der Waals surface area contributed by atoms with Crippen LogP contribution in [0, 0.1) is 0 Å². The van der Waals surface area contributed by atoms with Gasteiger partial charge in [0.2, 0.25) is 0 Å². The number of aromatic nitrogens is 6. The van der Waals surface area contributed by atoms with Crippen molar-refractivity contribution < 1.29 is 10.2 Å². The highest BCUT2D eigenvalue weighted by Crippen LogP contribution is 2.31. The van der Waals surface area contributed by atoms with Crippen molar-refractivity contribution in [2.24, 2.45) is 0 Å². The molecule has 0 aliphatic carbocycles. The SMILES string of the molecule is CCc1nccc(-c2cn(CC(F)F)nc2-c2cnc3[nH]ccc3c2)n1.[HH]. The van der Waals surface area contributed by atoms with Crippen molar-refractivity contribution in [2.45, 2.75) is 26.3 Å². The van der Waals surface area contributed by atoms with E-state index in [2.05, 4.69) is 25.0 Å². The Morgan fingerprint density at radius 2 is 2.15 bits per heavy atom. The largest absolute Gasteiger partial charge is 0.346 e. The number of hydrogen-bond donors (Lipinski definition) is 1. The van der Waals surface area contributed by atoms with Gasteiger partial charge in [0.15, 0.2) is 0 Å². The van der Waals surface area contributed by atoms with Crippen molar-refractivity contribution in [3.05, 3.63) is 48.8 Å². The van der Waals surface area contributed by atoms with E-state index in [1.54, 1.807) is 30.9 Å². The standard InChI is InChI=1S/C18H16F2N6.H2/c1-2-16-21-6-4-14(24-16)13-9-26(10-15(19)20)25-17(13)12-7-11-3-5-22-18(11)23-8-12;/h3-9,15H,2,10H2,1H3,(H,22,23);1H. The maximum Gasteiger partial charge on any atom is 0.257 e. The molecule has 0 atom stereocenters. The first-order chi connectivity index (χ1) is 12.6. The van der Waals surface area contributed by atoms with Gasteiger partial charge in [-0.2, -0.15) is 5.10 Å². The molecule has 4 aromatic rings. The van der Waals surface area contributed by atoms with Crippen molar-refractivity contribution in [3.63, 3.8) is 0 Å². The first-order valence-electron chi connectivity index (χ1n) is 8.25. The minimum atomic E-state index is -2.49. The molecule has 4 heterocycles. The Hall–Kier alpha value is -3.16. The van der Waals surface area contributed by atoms with E-state index < -0.39 is 13.0 Å². The molecule has 0 unspecified atom stereocenters. The number of halogens is 2. The van der Waals surface area contributed by atoms with E-state index in [9.17, 15) is 8.78 Å². The molecule has 0 saturated carbocycles. The van der Waals surface area contributed by atoms with Crippen LogP contribution in [0.3, 0.4) is 0 Å². The van der Waals surface area contributed by atoms with Gasteiger partial charge in [-0.3, -0.25) is 4.68 Å². The molecule has 4 rings (SSSR count). The first kappa shape index (κ1) is 16.3. The second-order valence-corrected chi connectivity index (χ2v) is 5.86. The van der Waals surface area contributed by atoms with Gasteiger partial charge in [-0.25, -0.2) is 23.7 Å². The van der Waals surface area contributed by atoms with Crippen molar-refractivity contribution in [1.29, 1.82) is 0 Å². The van der Waals surface area contributed by atoms with Crippen LogP contribution in [-0.2, 0) is 13.0 Å². The molecule has 0 aliphatic heterocycles. The summed E-state index contributed by atoms with van der Waals surface area (Å²) in [4.78, 5) is 16.1. The van der Waals surface area contributed by atoms with Crippen LogP contribution in [0.1, 0.15) is 14.2 Å². The van der Waals surface area contributed by atoms with E-state index >= 15 is 0 Å². The molecular formula is C18H18F2N6. The van der Waals surface area contributed by atoms with E-state index in [4.69, 9.17) is 0 Å². The molecule has 1 N–H and O–H groups in total. The summed E-state index contributed by atoms with van der Waals surface area (Å²) < 4.78 is 27.0. The molecule has 26 heavy (non-hydrogen) atoms. The number of hydrogen-bond acceptors (Lipinski definition) is 4. The van der Waals surface area contributed by atoms with Gasteiger partial charge in [-0.05, 0) is 18.2 Å². The van der Waals surface area contributed by atoms with Crippen LogP contribution < -0.4 is 0 Å². The quantitative estimate of drug-likeness (QED) is 0.587. The maximum absolute atomic E-state index is 12.8. The Kier molecular flexibility index (Phi) is 4.16. The van der Waals surface area contributed by atoms with E-state index in [1.165, 1.54) is 4.68 Å². The molecule has 134 valence electrons. The van der Waals surface area contributed by atoms with Crippen LogP contribution in [-0.4, -0.2) is 36.1 Å². The number of H-pyrrole nitrogens is 1. The minimum Gasteiger partial charge on any atom is -0.346 e. The second kappa shape index (κ2) is 6.62. The normalized spacial score (nSPS) is 11.5. The summed E-state index contributed by atoms with van der Waals surface area (Å²) in [5.74, 6) is 0.689. The lowest BCUT2D eigenvalue weighted by Gasteiger charge is -2.03. The molecule has 0 amide bonds. The summed E-state index contributed by atoms with van der Waals surface area (Å²) in [6.45, 7) is 1.49. The van der Waals surface area contributed by atoms with Crippen LogP contribution in [0.2, 0.25) is 0 Å². The van der Waals surface area contributed by atoms with E-state index in [0.29, 0.717) is 29.2 Å². The third-order valence-electron chi connectivity index (χ3n) is 4.06. The Labute approximate surface area is 149 Å². The number of nitrogens with zero attached hydrogens (tertiary/aromatic N) is 5. The van der Waals surface area contributed by atoms with Crippen molar-refractivity contribution >= 4 is 11.0 Å². The molecule has 0 aromatic carbocycles. The smallest absolute Gasteiger partial charge is 0.257 e. The highest BCUT2D eigenvalue weighted by atomic mass is 19.3. The van der Waals surface area contributed by atoms with E-state index in [-0.39, 0.29) is 1.43 Å². The molecular weight excluding hydrogens is 338 g/mol. The monoisotopic (exact) mass is 356 g/mol. The molecule has 0 saturated heterocycles. The summed E-state index contributed by atoms with van der Waals surface area (Å²) in [5, 5.41) is 5.29. The molecule has 0 fully saturated rings. The topological polar surface area (TPSA) is 72.3 Å². The number of fused-ring (bicyclic) bond motifs is 1. The minimum absolute atomic E-state index is 0. The molecule has 0 spiro atoms. The predicted octanol–water partition coefficient (Wildman–Crippen LogP) is 3.96. The van der Waals surface area contributed by atoms with Gasteiger partial charge in [0, 0.05) is 49.1 Å². The zero-order valence-corrected chi connectivity index (χ0v) is 14.0. The van der Waals surface area contributed by atoms with Gasteiger partial charge < -0.3 is 4.98 Å². The van der Waals surface area contributed by atoms with Crippen molar-refractivity contribution in [3.8, 4) is 22.5 Å². The van der Waals surface area contributed by atoms with E-state index in [1.807, 2.05) is 19.1 Å². The Morgan fingerprint density at radius 1 is 1.27 bits per heavy atom. The Bertz CT molecular complexity index is 1060. The summed E-state index contributed by atoms with van der Waals surface area (Å²) in [5.41, 5.74) is 3.41. The number of alkyl halides is 2. The average Bonchev–Trinajstić information content (AvgIpc) is 3.27. The highest BCUT2D eigenvalue weighted by molar-refractivity contribution is 5.85. The summed E-state index contributed by atoms with van der Waals surface area (Å²) >= 11 is 0. The van der Waals surface area contributed by atoms with Crippen molar-refractivity contribution in [2.75, 3.05) is 0 Å². The molecule has 0 bridgehead atoms. The third-order valence-corrected chi connectivity index (χ3v) is 4.06. The molecule has 0 aliphatic rings. The summed E-state index contributed by atoms with van der Waals surface area (Å²) in [7, 11) is 0. The Morgan fingerprint density at radius 3 is 2.96 bits per heavy atom. The molecule has 6 nitrogen and oxygen atoms in total. The fraction of sp³-hybridized carbons (Fsp3) is 0.222. The number of aryl methyl sites for hydroxylation is 1. The lowest BCUT2D eigenvalue weighted by atomic mass is 10.1. The number of aromatic amines is 1. The predicted molar refractivity (Wildman–Crippen MR) is 95.8 cm³/mol. The maximum atomic E-state index is 12.8.